The largest absolute Gasteiger partial charge is 0.497 e. The van der Waals surface area contributed by atoms with E-state index in [1.807, 2.05) is 66.7 Å². The molecule has 7 heteroatoms. The average Bonchev–Trinajstić information content (AvgIpc) is 2.92. The highest BCUT2D eigenvalue weighted by molar-refractivity contribution is 6.05. The first-order chi connectivity index (χ1) is 17.1. The van der Waals surface area contributed by atoms with Gasteiger partial charge in [0.1, 0.15) is 5.75 Å². The Balaban J connectivity index is 1.54. The van der Waals surface area contributed by atoms with E-state index in [1.54, 1.807) is 19.2 Å². The van der Waals surface area contributed by atoms with Gasteiger partial charge in [-0.05, 0) is 48.5 Å². The Morgan fingerprint density at radius 2 is 1.31 bits per heavy atom. The van der Waals surface area contributed by atoms with Crippen LogP contribution in [0.5, 0.6) is 23.0 Å². The molecule has 0 radical (unpaired) electrons. The number of hydrogen-bond donors (Lipinski definition) is 1. The minimum atomic E-state index is -0.296. The Labute approximate surface area is 204 Å². The lowest BCUT2D eigenvalue weighted by Crippen LogP contribution is -2.12. The van der Waals surface area contributed by atoms with Crippen molar-refractivity contribution >= 4 is 11.6 Å². The van der Waals surface area contributed by atoms with E-state index in [1.165, 1.54) is 21.3 Å². The molecule has 3 aromatic carbocycles. The second kappa shape index (κ2) is 10.6. The van der Waals surface area contributed by atoms with Gasteiger partial charge in [-0.3, -0.25) is 4.79 Å². The SMILES string of the molecule is COc1cccc(-c2cccc(-c3ccc(NC(=O)c4cc(OC)c(OC)c(OC)c4)cc3)n2)c1. The van der Waals surface area contributed by atoms with Gasteiger partial charge in [0, 0.05) is 22.4 Å². The van der Waals surface area contributed by atoms with Crippen molar-refractivity contribution < 1.29 is 23.7 Å². The second-order valence-electron chi connectivity index (χ2n) is 7.59. The van der Waals surface area contributed by atoms with Gasteiger partial charge in [-0.15, -0.1) is 0 Å². The third-order valence-electron chi connectivity index (χ3n) is 5.48. The van der Waals surface area contributed by atoms with E-state index >= 15 is 0 Å². The molecule has 0 saturated carbocycles. The lowest BCUT2D eigenvalue weighted by molar-refractivity contribution is 0.102. The maximum absolute atomic E-state index is 12.9. The molecule has 0 aliphatic rings. The normalized spacial score (nSPS) is 10.4. The van der Waals surface area contributed by atoms with Crippen LogP contribution >= 0.6 is 0 Å². The van der Waals surface area contributed by atoms with E-state index in [-0.39, 0.29) is 5.91 Å². The van der Waals surface area contributed by atoms with Gasteiger partial charge in [-0.1, -0.05) is 30.3 Å². The maximum Gasteiger partial charge on any atom is 0.255 e. The molecule has 0 fully saturated rings. The van der Waals surface area contributed by atoms with E-state index < -0.39 is 0 Å². The molecule has 178 valence electrons. The third kappa shape index (κ3) is 5.19. The van der Waals surface area contributed by atoms with Crippen LogP contribution in [0, 0.1) is 0 Å². The first kappa shape index (κ1) is 23.6. The van der Waals surface area contributed by atoms with Crippen LogP contribution in [0.3, 0.4) is 0 Å². The lowest BCUT2D eigenvalue weighted by atomic mass is 10.1. The number of aromatic nitrogens is 1. The number of carbonyl (C=O) groups is 1. The number of hydrogen-bond acceptors (Lipinski definition) is 6. The molecule has 7 nitrogen and oxygen atoms in total. The quantitative estimate of drug-likeness (QED) is 0.356. The summed E-state index contributed by atoms with van der Waals surface area (Å²) in [6.07, 6.45) is 0. The molecule has 1 heterocycles. The number of carbonyl (C=O) groups excluding carboxylic acids is 1. The Hall–Kier alpha value is -4.52. The monoisotopic (exact) mass is 470 g/mol. The van der Waals surface area contributed by atoms with E-state index in [9.17, 15) is 4.79 Å². The van der Waals surface area contributed by atoms with E-state index in [0.29, 0.717) is 28.5 Å². The summed E-state index contributed by atoms with van der Waals surface area (Å²) in [5.74, 6) is 1.74. The molecule has 35 heavy (non-hydrogen) atoms. The standard InChI is InChI=1S/C28H26N2O5/c1-32-22-8-5-7-19(15-22)24-10-6-9-23(30-24)18-11-13-21(14-12-18)29-28(31)20-16-25(33-2)27(35-4)26(17-20)34-3/h5-17H,1-4H3,(H,29,31). The summed E-state index contributed by atoms with van der Waals surface area (Å²) >= 11 is 0. The second-order valence-corrected chi connectivity index (χ2v) is 7.59. The summed E-state index contributed by atoms with van der Waals surface area (Å²) in [5, 5.41) is 2.90. The minimum Gasteiger partial charge on any atom is -0.497 e. The van der Waals surface area contributed by atoms with Crippen LogP contribution in [-0.2, 0) is 0 Å². The number of amides is 1. The first-order valence-electron chi connectivity index (χ1n) is 10.9. The fourth-order valence-corrected chi connectivity index (χ4v) is 3.68. The van der Waals surface area contributed by atoms with Crippen LogP contribution in [0.1, 0.15) is 10.4 Å². The molecule has 1 amide bonds. The summed E-state index contributed by atoms with van der Waals surface area (Å²) in [6, 6.07) is 24.4. The number of anilines is 1. The Morgan fingerprint density at radius 3 is 1.91 bits per heavy atom. The van der Waals surface area contributed by atoms with Crippen LogP contribution in [-0.4, -0.2) is 39.3 Å². The van der Waals surface area contributed by atoms with Gasteiger partial charge < -0.3 is 24.3 Å². The fraction of sp³-hybridized carbons (Fsp3) is 0.143. The van der Waals surface area contributed by atoms with Crippen molar-refractivity contribution in [2.45, 2.75) is 0 Å². The van der Waals surface area contributed by atoms with E-state index in [2.05, 4.69) is 5.32 Å². The van der Waals surface area contributed by atoms with Gasteiger partial charge in [0.15, 0.2) is 11.5 Å². The predicted molar refractivity (Wildman–Crippen MR) is 136 cm³/mol. The topological polar surface area (TPSA) is 78.9 Å². The average molecular weight is 471 g/mol. The van der Waals surface area contributed by atoms with E-state index in [0.717, 1.165) is 28.3 Å². The smallest absolute Gasteiger partial charge is 0.255 e. The van der Waals surface area contributed by atoms with Crippen LogP contribution in [0.25, 0.3) is 22.5 Å². The lowest BCUT2D eigenvalue weighted by Gasteiger charge is -2.14. The molecule has 0 atom stereocenters. The third-order valence-corrected chi connectivity index (χ3v) is 5.48. The van der Waals surface area contributed by atoms with Gasteiger partial charge in [0.2, 0.25) is 5.75 Å². The Bertz CT molecular complexity index is 1310. The maximum atomic E-state index is 12.9. The first-order valence-corrected chi connectivity index (χ1v) is 10.9. The van der Waals surface area contributed by atoms with Crippen LogP contribution in [0.4, 0.5) is 5.69 Å². The van der Waals surface area contributed by atoms with Crippen LogP contribution in [0.15, 0.2) is 78.9 Å². The number of nitrogens with one attached hydrogen (secondary N) is 1. The minimum absolute atomic E-state index is 0.296. The van der Waals surface area contributed by atoms with Gasteiger partial charge >= 0.3 is 0 Å². The number of ether oxygens (including phenoxy) is 4. The summed E-state index contributed by atoms with van der Waals surface area (Å²) < 4.78 is 21.3. The summed E-state index contributed by atoms with van der Waals surface area (Å²) in [5.41, 5.74) is 4.61. The van der Waals surface area contributed by atoms with Crippen molar-refractivity contribution in [2.75, 3.05) is 33.8 Å². The van der Waals surface area contributed by atoms with Crippen molar-refractivity contribution in [3.63, 3.8) is 0 Å². The number of methoxy groups -OCH3 is 4. The molecular formula is C28H26N2O5. The molecular weight excluding hydrogens is 444 g/mol. The number of rotatable bonds is 8. The molecule has 0 aliphatic heterocycles. The number of benzene rings is 3. The highest BCUT2D eigenvalue weighted by atomic mass is 16.5. The predicted octanol–water partition coefficient (Wildman–Crippen LogP) is 5.70. The summed E-state index contributed by atoms with van der Waals surface area (Å²) in [4.78, 5) is 17.7. The van der Waals surface area contributed by atoms with E-state index in [4.69, 9.17) is 23.9 Å². The van der Waals surface area contributed by atoms with Crippen LogP contribution < -0.4 is 24.3 Å². The zero-order chi connectivity index (χ0) is 24.8. The molecule has 0 aliphatic carbocycles. The molecule has 1 N–H and O–H groups in total. The molecule has 0 bridgehead atoms. The highest BCUT2D eigenvalue weighted by Gasteiger charge is 2.17. The van der Waals surface area contributed by atoms with Crippen molar-refractivity contribution in [1.29, 1.82) is 0 Å². The molecule has 1 aromatic heterocycles. The Morgan fingerprint density at radius 1 is 0.686 bits per heavy atom. The zero-order valence-corrected chi connectivity index (χ0v) is 20.0. The zero-order valence-electron chi connectivity index (χ0n) is 20.0. The van der Waals surface area contributed by atoms with Gasteiger partial charge in [0.25, 0.3) is 5.91 Å². The van der Waals surface area contributed by atoms with Crippen molar-refractivity contribution in [3.8, 4) is 45.5 Å². The molecule has 0 unspecified atom stereocenters. The van der Waals surface area contributed by atoms with Gasteiger partial charge in [-0.25, -0.2) is 4.98 Å². The molecule has 0 spiro atoms. The van der Waals surface area contributed by atoms with Crippen molar-refractivity contribution in [2.24, 2.45) is 0 Å². The number of pyridine rings is 1. The van der Waals surface area contributed by atoms with Gasteiger partial charge in [0.05, 0.1) is 39.8 Å². The molecule has 4 aromatic rings. The summed E-state index contributed by atoms with van der Waals surface area (Å²) in [7, 11) is 6.18. The Kier molecular flexibility index (Phi) is 7.16. The fourth-order valence-electron chi connectivity index (χ4n) is 3.68. The van der Waals surface area contributed by atoms with Crippen LogP contribution in [0.2, 0.25) is 0 Å². The number of nitrogens with zero attached hydrogens (tertiary/aromatic N) is 1. The van der Waals surface area contributed by atoms with Gasteiger partial charge in [-0.2, -0.15) is 0 Å². The molecule has 4 rings (SSSR count). The summed E-state index contributed by atoms with van der Waals surface area (Å²) in [6.45, 7) is 0. The highest BCUT2D eigenvalue weighted by Crippen LogP contribution is 2.38. The van der Waals surface area contributed by atoms with Crippen molar-refractivity contribution in [1.82, 2.24) is 4.98 Å². The van der Waals surface area contributed by atoms with Crippen molar-refractivity contribution in [3.05, 3.63) is 84.4 Å². The molecule has 0 saturated heterocycles.